The van der Waals surface area contributed by atoms with Crippen LogP contribution in [0.4, 0.5) is 13.2 Å². The van der Waals surface area contributed by atoms with E-state index in [4.69, 9.17) is 4.74 Å². The van der Waals surface area contributed by atoms with Gasteiger partial charge in [0.25, 0.3) is 0 Å². The van der Waals surface area contributed by atoms with Crippen LogP contribution in [0.2, 0.25) is 0 Å². The topological polar surface area (TPSA) is 43.6 Å². The normalized spacial score (nSPS) is 11.8. The standard InChI is InChI=1S/C11H8F3IN2O2/c1-2-19-10(18)8-5-17-4-6(15)3-7(9(17)16-8)11(12,13)14/h3-5H,2H2,1H3. The molecule has 4 nitrogen and oxygen atoms in total. The highest BCUT2D eigenvalue weighted by atomic mass is 127. The second kappa shape index (κ2) is 4.99. The summed E-state index contributed by atoms with van der Waals surface area (Å²) in [5.41, 5.74) is -1.33. The molecule has 2 heterocycles. The van der Waals surface area contributed by atoms with Crippen molar-refractivity contribution < 1.29 is 22.7 Å². The number of carbonyl (C=O) groups excluding carboxylic acids is 1. The summed E-state index contributed by atoms with van der Waals surface area (Å²) >= 11 is 1.77. The van der Waals surface area contributed by atoms with Gasteiger partial charge in [-0.15, -0.1) is 0 Å². The quantitative estimate of drug-likeness (QED) is 0.591. The van der Waals surface area contributed by atoms with Crippen molar-refractivity contribution in [3.8, 4) is 0 Å². The van der Waals surface area contributed by atoms with Crippen LogP contribution in [0.25, 0.3) is 5.65 Å². The molecule has 0 radical (unpaired) electrons. The molecule has 0 bridgehead atoms. The number of carbonyl (C=O) groups is 1. The number of pyridine rings is 1. The molecule has 0 aliphatic carbocycles. The van der Waals surface area contributed by atoms with Gasteiger partial charge in [-0.1, -0.05) is 0 Å². The molecule has 8 heteroatoms. The SMILES string of the molecule is CCOC(=O)c1cn2cc(I)cc(C(F)(F)F)c2n1. The molecule has 0 amide bonds. The Hall–Kier alpha value is -1.32. The molecule has 2 aromatic heterocycles. The number of alkyl halides is 3. The van der Waals surface area contributed by atoms with Gasteiger partial charge in [-0.3, -0.25) is 0 Å². The zero-order valence-corrected chi connectivity index (χ0v) is 11.8. The van der Waals surface area contributed by atoms with Crippen molar-refractivity contribution in [3.05, 3.63) is 33.3 Å². The molecule has 0 N–H and O–H groups in total. The Kier molecular flexibility index (Phi) is 3.70. The fraction of sp³-hybridized carbons (Fsp3) is 0.273. The summed E-state index contributed by atoms with van der Waals surface area (Å²) in [6, 6.07) is 0.984. The van der Waals surface area contributed by atoms with E-state index in [1.54, 1.807) is 29.5 Å². The van der Waals surface area contributed by atoms with Gasteiger partial charge < -0.3 is 9.14 Å². The van der Waals surface area contributed by atoms with Crippen LogP contribution in [0.1, 0.15) is 23.0 Å². The molecule has 0 fully saturated rings. The molecule has 102 valence electrons. The first kappa shape index (κ1) is 14.1. The van der Waals surface area contributed by atoms with E-state index in [-0.39, 0.29) is 17.9 Å². The molecule has 0 aromatic carbocycles. The van der Waals surface area contributed by atoms with Gasteiger partial charge in [0.05, 0.1) is 12.2 Å². The molecule has 19 heavy (non-hydrogen) atoms. The van der Waals surface area contributed by atoms with Crippen LogP contribution < -0.4 is 0 Å². The highest BCUT2D eigenvalue weighted by Gasteiger charge is 2.34. The molecule has 2 rings (SSSR count). The Morgan fingerprint density at radius 3 is 2.74 bits per heavy atom. The molecule has 0 spiro atoms. The van der Waals surface area contributed by atoms with Gasteiger partial charge in [0.1, 0.15) is 5.65 Å². The van der Waals surface area contributed by atoms with E-state index >= 15 is 0 Å². The first-order valence-corrected chi connectivity index (χ1v) is 6.33. The third kappa shape index (κ3) is 2.82. The lowest BCUT2D eigenvalue weighted by Gasteiger charge is -2.08. The van der Waals surface area contributed by atoms with Gasteiger partial charge in [0.2, 0.25) is 0 Å². The van der Waals surface area contributed by atoms with Crippen LogP contribution in [0.3, 0.4) is 0 Å². The number of hydrogen-bond acceptors (Lipinski definition) is 3. The van der Waals surface area contributed by atoms with E-state index in [0.29, 0.717) is 3.57 Å². The zero-order valence-electron chi connectivity index (χ0n) is 9.66. The molecule has 0 saturated carbocycles. The molecule has 0 saturated heterocycles. The van der Waals surface area contributed by atoms with E-state index in [0.717, 1.165) is 6.07 Å². The van der Waals surface area contributed by atoms with Crippen LogP contribution in [-0.2, 0) is 10.9 Å². The van der Waals surface area contributed by atoms with Crippen LogP contribution in [0, 0.1) is 3.57 Å². The minimum absolute atomic E-state index is 0.135. The lowest BCUT2D eigenvalue weighted by Crippen LogP contribution is -2.08. The van der Waals surface area contributed by atoms with Gasteiger partial charge in [0, 0.05) is 16.0 Å². The first-order chi connectivity index (χ1) is 8.82. The molecule has 0 atom stereocenters. The largest absolute Gasteiger partial charge is 0.461 e. The van der Waals surface area contributed by atoms with Crippen LogP contribution in [0.5, 0.6) is 0 Å². The number of imidazole rings is 1. The third-order valence-electron chi connectivity index (χ3n) is 2.31. The Bertz CT molecular complexity index is 637. The van der Waals surface area contributed by atoms with Crippen molar-refractivity contribution in [2.24, 2.45) is 0 Å². The van der Waals surface area contributed by atoms with E-state index in [1.165, 1.54) is 16.8 Å². The second-order valence-electron chi connectivity index (χ2n) is 3.65. The lowest BCUT2D eigenvalue weighted by molar-refractivity contribution is -0.136. The number of nitrogens with zero attached hydrogens (tertiary/aromatic N) is 2. The monoisotopic (exact) mass is 384 g/mol. The summed E-state index contributed by atoms with van der Waals surface area (Å²) in [5, 5.41) is 0. The van der Waals surface area contributed by atoms with Crippen molar-refractivity contribution in [2.45, 2.75) is 13.1 Å². The fourth-order valence-electron chi connectivity index (χ4n) is 1.58. The number of fused-ring (bicyclic) bond motifs is 1. The zero-order chi connectivity index (χ0) is 14.2. The summed E-state index contributed by atoms with van der Waals surface area (Å²) in [6.45, 7) is 1.74. The van der Waals surface area contributed by atoms with Crippen molar-refractivity contribution in [1.82, 2.24) is 9.38 Å². The molecular formula is C11H8F3IN2O2. The first-order valence-electron chi connectivity index (χ1n) is 5.25. The van der Waals surface area contributed by atoms with Gasteiger partial charge in [-0.2, -0.15) is 13.2 Å². The predicted octanol–water partition coefficient (Wildman–Crippen LogP) is 3.13. The number of halogens is 4. The average Bonchev–Trinajstić information content (AvgIpc) is 2.70. The van der Waals surface area contributed by atoms with E-state index < -0.39 is 17.7 Å². The highest BCUT2D eigenvalue weighted by molar-refractivity contribution is 14.1. The van der Waals surface area contributed by atoms with Crippen molar-refractivity contribution in [1.29, 1.82) is 0 Å². The van der Waals surface area contributed by atoms with Crippen LogP contribution >= 0.6 is 22.6 Å². The predicted molar refractivity (Wildman–Crippen MR) is 68.9 cm³/mol. The number of ether oxygens (including phenoxy) is 1. The molecule has 0 aliphatic heterocycles. The van der Waals surface area contributed by atoms with Crippen LogP contribution in [0.15, 0.2) is 18.5 Å². The number of esters is 1. The smallest absolute Gasteiger partial charge is 0.420 e. The van der Waals surface area contributed by atoms with Crippen molar-refractivity contribution >= 4 is 34.2 Å². The summed E-state index contributed by atoms with van der Waals surface area (Å²) in [7, 11) is 0. The maximum atomic E-state index is 12.9. The Labute approximate surface area is 119 Å². The molecule has 2 aromatic rings. The minimum atomic E-state index is -4.53. The average molecular weight is 384 g/mol. The van der Waals surface area contributed by atoms with Crippen molar-refractivity contribution in [2.75, 3.05) is 6.61 Å². The third-order valence-corrected chi connectivity index (χ3v) is 2.90. The number of rotatable bonds is 2. The van der Waals surface area contributed by atoms with Crippen LogP contribution in [-0.4, -0.2) is 22.0 Å². The Morgan fingerprint density at radius 2 is 2.16 bits per heavy atom. The lowest BCUT2D eigenvalue weighted by atomic mass is 10.2. The van der Waals surface area contributed by atoms with Gasteiger partial charge in [0.15, 0.2) is 5.69 Å². The molecule has 0 unspecified atom stereocenters. The highest BCUT2D eigenvalue weighted by Crippen LogP contribution is 2.33. The van der Waals surface area contributed by atoms with E-state index in [1.807, 2.05) is 0 Å². The summed E-state index contributed by atoms with van der Waals surface area (Å²) in [4.78, 5) is 15.2. The minimum Gasteiger partial charge on any atom is -0.461 e. The second-order valence-corrected chi connectivity index (χ2v) is 4.89. The summed E-state index contributed by atoms with van der Waals surface area (Å²) < 4.78 is 44.9. The number of hydrogen-bond donors (Lipinski definition) is 0. The van der Waals surface area contributed by atoms with E-state index in [9.17, 15) is 18.0 Å². The fourth-order valence-corrected chi connectivity index (χ4v) is 2.19. The maximum Gasteiger partial charge on any atom is 0.420 e. The maximum absolute atomic E-state index is 12.9. The van der Waals surface area contributed by atoms with E-state index in [2.05, 4.69) is 4.98 Å². The molecular weight excluding hydrogens is 376 g/mol. The summed E-state index contributed by atoms with van der Waals surface area (Å²) in [6.07, 6.45) is -1.84. The van der Waals surface area contributed by atoms with Gasteiger partial charge >= 0.3 is 12.1 Å². The number of aromatic nitrogens is 2. The van der Waals surface area contributed by atoms with Gasteiger partial charge in [-0.05, 0) is 35.6 Å². The van der Waals surface area contributed by atoms with Crippen molar-refractivity contribution in [3.63, 3.8) is 0 Å². The van der Waals surface area contributed by atoms with Gasteiger partial charge in [-0.25, -0.2) is 9.78 Å². The molecule has 0 aliphatic rings. The Balaban J connectivity index is 2.62. The summed E-state index contributed by atoms with van der Waals surface area (Å²) in [5.74, 6) is -0.741. The Morgan fingerprint density at radius 1 is 1.47 bits per heavy atom.